The molecular weight excluding hydrogens is 540 g/mol. The number of anilines is 1. The summed E-state index contributed by atoms with van der Waals surface area (Å²) < 4.78 is 24.0. The molecule has 2 unspecified atom stereocenters. The molecule has 42 heavy (non-hydrogen) atoms. The summed E-state index contributed by atoms with van der Waals surface area (Å²) in [6, 6.07) is 4.55. The van der Waals surface area contributed by atoms with Crippen molar-refractivity contribution in [2.45, 2.75) is 26.8 Å². The van der Waals surface area contributed by atoms with Gasteiger partial charge in [-0.05, 0) is 63.9 Å². The predicted molar refractivity (Wildman–Crippen MR) is 156 cm³/mol. The average molecular weight is 573 g/mol. The highest BCUT2D eigenvalue weighted by molar-refractivity contribution is 6.04. The second kappa shape index (κ2) is 13.4. The van der Waals surface area contributed by atoms with Crippen LogP contribution in [0, 0.1) is 5.92 Å². The highest BCUT2D eigenvalue weighted by Crippen LogP contribution is 2.32. The van der Waals surface area contributed by atoms with Gasteiger partial charge in [-0.15, -0.1) is 0 Å². The number of pyridine rings is 2. The lowest BCUT2D eigenvalue weighted by molar-refractivity contribution is 0.101. The number of hydrogen-bond acceptors (Lipinski definition) is 10. The fraction of sp³-hybridized carbons (Fsp3) is 0.267. The third-order valence-electron chi connectivity index (χ3n) is 6.36. The van der Waals surface area contributed by atoms with Gasteiger partial charge in [-0.25, -0.2) is 9.67 Å². The smallest absolute Gasteiger partial charge is 0.281 e. The summed E-state index contributed by atoms with van der Waals surface area (Å²) in [5.74, 6) is 1.73. The zero-order valence-electron chi connectivity index (χ0n) is 24.0. The lowest BCUT2D eigenvalue weighted by Crippen LogP contribution is -2.25. The van der Waals surface area contributed by atoms with Crippen LogP contribution in [0.1, 0.15) is 41.6 Å². The lowest BCUT2D eigenvalue weighted by Gasteiger charge is -2.27. The number of nitrogens with zero attached hydrogens (tertiary/aromatic N) is 5. The van der Waals surface area contributed by atoms with Crippen LogP contribution in [0.5, 0.6) is 11.5 Å². The molecule has 0 radical (unpaired) electrons. The van der Waals surface area contributed by atoms with Gasteiger partial charge in [0.2, 0.25) is 0 Å². The first kappa shape index (κ1) is 29.7. The van der Waals surface area contributed by atoms with Crippen LogP contribution < -0.4 is 14.8 Å². The fourth-order valence-electron chi connectivity index (χ4n) is 4.35. The number of carbonyl (C=O) groups is 2. The molecule has 3 heterocycles. The molecule has 3 aromatic rings. The molecule has 12 nitrogen and oxygen atoms in total. The first-order valence-corrected chi connectivity index (χ1v) is 13.1. The molecule has 1 N–H and O–H groups in total. The molecule has 1 amide bonds. The van der Waals surface area contributed by atoms with Gasteiger partial charge in [0.25, 0.3) is 5.91 Å². The number of ketones is 1. The summed E-state index contributed by atoms with van der Waals surface area (Å²) in [7, 11) is 3.13. The van der Waals surface area contributed by atoms with Crippen molar-refractivity contribution in [3.63, 3.8) is 0 Å². The second-order valence-electron chi connectivity index (χ2n) is 8.96. The summed E-state index contributed by atoms with van der Waals surface area (Å²) in [4.78, 5) is 37.9. The van der Waals surface area contributed by atoms with Crippen LogP contribution in [-0.4, -0.2) is 65.0 Å². The summed E-state index contributed by atoms with van der Waals surface area (Å²) in [5, 5.41) is 7.11. The Bertz CT molecular complexity index is 1560. The number of aliphatic imine (C=N–C) groups is 1. The van der Waals surface area contributed by atoms with E-state index >= 15 is 0 Å². The first-order chi connectivity index (χ1) is 20.3. The molecule has 0 saturated heterocycles. The van der Waals surface area contributed by atoms with Gasteiger partial charge in [0.05, 0.1) is 57.1 Å². The molecule has 3 aromatic heterocycles. The molecule has 12 heteroatoms. The summed E-state index contributed by atoms with van der Waals surface area (Å²) >= 11 is 0. The topological polar surface area (TPSA) is 139 Å². The standard InChI is InChI=1S/C30H32N6O6/c1-7-24(21-13-25(39-5)26(40-6)14-22(21)31-4)42-19-9-10-28(33-15-19)34-30(38)29-27(41-8-2)17-36(35-29)23-16-32-12-11-20(23)18(3)37/h7,9-17,21-22H,4,8H2,1-3,5-6H3,(H,33,34,38)/b24-7+. The Morgan fingerprint density at radius 2 is 1.90 bits per heavy atom. The number of aromatic nitrogens is 4. The van der Waals surface area contributed by atoms with E-state index in [0.29, 0.717) is 40.9 Å². The predicted octanol–water partition coefficient (Wildman–Crippen LogP) is 4.56. The van der Waals surface area contributed by atoms with Crippen LogP contribution in [0.4, 0.5) is 5.82 Å². The minimum atomic E-state index is -0.541. The van der Waals surface area contributed by atoms with Crippen LogP contribution in [0.2, 0.25) is 0 Å². The highest BCUT2D eigenvalue weighted by atomic mass is 16.5. The lowest BCUT2D eigenvalue weighted by atomic mass is 9.91. The minimum absolute atomic E-state index is 0.0259. The monoisotopic (exact) mass is 572 g/mol. The molecule has 2 atom stereocenters. The number of ether oxygens (including phenoxy) is 4. The molecule has 0 bridgehead atoms. The maximum absolute atomic E-state index is 13.2. The molecule has 4 rings (SSSR count). The van der Waals surface area contributed by atoms with Crippen LogP contribution in [0.25, 0.3) is 5.69 Å². The maximum Gasteiger partial charge on any atom is 0.281 e. The Kier molecular flexibility index (Phi) is 9.48. The number of Topliss-reactive ketones (excluding diaryl/α,β-unsaturated/α-hetero) is 1. The Labute approximate surface area is 243 Å². The fourth-order valence-corrected chi connectivity index (χ4v) is 4.35. The quantitative estimate of drug-likeness (QED) is 0.188. The summed E-state index contributed by atoms with van der Waals surface area (Å²) in [6.07, 6.45) is 11.6. The van der Waals surface area contributed by atoms with E-state index in [9.17, 15) is 9.59 Å². The number of amides is 1. The number of rotatable bonds is 12. The third-order valence-corrected chi connectivity index (χ3v) is 6.36. The summed E-state index contributed by atoms with van der Waals surface area (Å²) in [5.41, 5.74) is 0.864. The van der Waals surface area contributed by atoms with Crippen LogP contribution in [0.15, 0.2) is 83.5 Å². The van der Waals surface area contributed by atoms with Gasteiger partial charge >= 0.3 is 0 Å². The number of allylic oxidation sites excluding steroid dienone is 1. The van der Waals surface area contributed by atoms with Gasteiger partial charge in [0.1, 0.15) is 17.3 Å². The van der Waals surface area contributed by atoms with Gasteiger partial charge in [-0.2, -0.15) is 5.10 Å². The van der Waals surface area contributed by atoms with E-state index in [-0.39, 0.29) is 35.0 Å². The number of nitrogens with one attached hydrogen (secondary N) is 1. The summed E-state index contributed by atoms with van der Waals surface area (Å²) in [6.45, 7) is 9.11. The highest BCUT2D eigenvalue weighted by Gasteiger charge is 2.30. The van der Waals surface area contributed by atoms with Gasteiger partial charge in [0, 0.05) is 11.8 Å². The zero-order chi connectivity index (χ0) is 30.2. The van der Waals surface area contributed by atoms with E-state index in [1.165, 1.54) is 36.4 Å². The second-order valence-corrected chi connectivity index (χ2v) is 8.96. The van der Waals surface area contributed by atoms with Gasteiger partial charge in [-0.3, -0.25) is 19.6 Å². The maximum atomic E-state index is 13.2. The van der Waals surface area contributed by atoms with Crippen LogP contribution >= 0.6 is 0 Å². The van der Waals surface area contributed by atoms with Crippen molar-refractivity contribution in [2.75, 3.05) is 26.1 Å². The van der Waals surface area contributed by atoms with Gasteiger partial charge in [-0.1, -0.05) is 0 Å². The minimum Gasteiger partial charge on any atom is -0.493 e. The molecule has 0 saturated carbocycles. The molecule has 1 aliphatic carbocycles. The SMILES string of the molecule is C=NC1C=C(OC)C(OC)=CC1/C(=C\C)Oc1ccc(NC(=O)c2nn(-c3cnccc3C(C)=O)cc2OCC)nc1. The van der Waals surface area contributed by atoms with Crippen molar-refractivity contribution < 1.29 is 28.5 Å². The molecule has 0 aromatic carbocycles. The van der Waals surface area contributed by atoms with Crippen molar-refractivity contribution in [3.05, 3.63) is 89.7 Å². The van der Waals surface area contributed by atoms with Crippen LogP contribution in [0.3, 0.4) is 0 Å². The van der Waals surface area contributed by atoms with Crippen molar-refractivity contribution in [1.29, 1.82) is 0 Å². The Morgan fingerprint density at radius 1 is 1.14 bits per heavy atom. The molecular formula is C30H32N6O6. The number of carbonyl (C=O) groups excluding carboxylic acids is 2. The molecule has 0 spiro atoms. The third kappa shape index (κ3) is 6.38. The molecule has 1 aliphatic rings. The molecule has 0 aliphatic heterocycles. The van der Waals surface area contributed by atoms with E-state index in [1.807, 2.05) is 25.2 Å². The van der Waals surface area contributed by atoms with Crippen LogP contribution in [-0.2, 0) is 9.47 Å². The van der Waals surface area contributed by atoms with Crippen molar-refractivity contribution in [3.8, 4) is 17.2 Å². The first-order valence-electron chi connectivity index (χ1n) is 13.1. The largest absolute Gasteiger partial charge is 0.493 e. The Balaban J connectivity index is 1.51. The number of hydrogen-bond donors (Lipinski definition) is 1. The Hall–Kier alpha value is -5.26. The average Bonchev–Trinajstić information content (AvgIpc) is 3.44. The Morgan fingerprint density at radius 3 is 2.52 bits per heavy atom. The van der Waals surface area contributed by atoms with E-state index in [1.54, 1.807) is 39.3 Å². The number of methoxy groups -OCH3 is 2. The molecule has 0 fully saturated rings. The van der Waals surface area contributed by atoms with E-state index in [2.05, 4.69) is 32.1 Å². The van der Waals surface area contributed by atoms with Gasteiger partial charge in [0.15, 0.2) is 28.7 Å². The van der Waals surface area contributed by atoms with E-state index in [4.69, 9.17) is 18.9 Å². The van der Waals surface area contributed by atoms with Crippen molar-refractivity contribution in [2.24, 2.45) is 10.9 Å². The van der Waals surface area contributed by atoms with Crippen molar-refractivity contribution in [1.82, 2.24) is 19.7 Å². The van der Waals surface area contributed by atoms with Crippen molar-refractivity contribution >= 4 is 24.2 Å². The molecule has 218 valence electrons. The van der Waals surface area contributed by atoms with Gasteiger partial charge < -0.3 is 24.3 Å². The normalized spacial score (nSPS) is 16.5. The van der Waals surface area contributed by atoms with E-state index < -0.39 is 5.91 Å². The van der Waals surface area contributed by atoms with E-state index in [0.717, 1.165) is 0 Å². The zero-order valence-corrected chi connectivity index (χ0v) is 24.0.